The quantitative estimate of drug-likeness (QED) is 0.837. The Bertz CT molecular complexity index is 523. The molecule has 0 atom stereocenters. The van der Waals surface area contributed by atoms with Crippen molar-refractivity contribution in [2.24, 2.45) is 5.73 Å². The predicted molar refractivity (Wildman–Crippen MR) is 69.2 cm³/mol. The summed E-state index contributed by atoms with van der Waals surface area (Å²) in [4.78, 5) is 0. The summed E-state index contributed by atoms with van der Waals surface area (Å²) >= 11 is 0. The van der Waals surface area contributed by atoms with Crippen LogP contribution in [-0.4, -0.2) is 0 Å². The van der Waals surface area contributed by atoms with Crippen LogP contribution in [0.5, 0.6) is 0 Å². The number of halogens is 1. The van der Waals surface area contributed by atoms with Crippen molar-refractivity contribution in [2.75, 3.05) is 0 Å². The van der Waals surface area contributed by atoms with Crippen LogP contribution in [0, 0.1) is 19.7 Å². The molecule has 0 saturated carbocycles. The van der Waals surface area contributed by atoms with Crippen LogP contribution < -0.4 is 5.73 Å². The molecule has 0 aliphatic rings. The molecule has 2 N–H and O–H groups in total. The second kappa shape index (κ2) is 4.68. The zero-order valence-electron chi connectivity index (χ0n) is 10.1. The summed E-state index contributed by atoms with van der Waals surface area (Å²) in [6, 6.07) is 10.8. The maximum absolute atomic E-state index is 13.7. The highest BCUT2D eigenvalue weighted by molar-refractivity contribution is 5.66. The lowest BCUT2D eigenvalue weighted by Gasteiger charge is -2.11. The molecule has 2 heteroatoms. The number of hydrogen-bond acceptors (Lipinski definition) is 1. The molecule has 2 aromatic carbocycles. The summed E-state index contributed by atoms with van der Waals surface area (Å²) in [5.41, 5.74) is 10.6. The van der Waals surface area contributed by atoms with Crippen LogP contribution in [0.3, 0.4) is 0 Å². The van der Waals surface area contributed by atoms with Gasteiger partial charge in [0.15, 0.2) is 0 Å². The van der Waals surface area contributed by atoms with Crippen LogP contribution in [0.2, 0.25) is 0 Å². The summed E-state index contributed by atoms with van der Waals surface area (Å²) in [6.45, 7) is 4.55. The summed E-state index contributed by atoms with van der Waals surface area (Å²) in [6.07, 6.45) is 0. The fourth-order valence-electron chi connectivity index (χ4n) is 2.17. The van der Waals surface area contributed by atoms with E-state index in [0.717, 1.165) is 22.3 Å². The highest BCUT2D eigenvalue weighted by atomic mass is 19.1. The second-order valence-corrected chi connectivity index (χ2v) is 4.27. The number of hydrogen-bond donors (Lipinski definition) is 1. The van der Waals surface area contributed by atoms with E-state index in [0.29, 0.717) is 12.1 Å². The third kappa shape index (κ3) is 2.22. The number of rotatable bonds is 2. The van der Waals surface area contributed by atoms with Crippen LogP contribution >= 0.6 is 0 Å². The lowest BCUT2D eigenvalue weighted by molar-refractivity contribution is 0.631. The van der Waals surface area contributed by atoms with Crippen LogP contribution in [0.1, 0.15) is 16.7 Å². The molecule has 0 fully saturated rings. The van der Waals surface area contributed by atoms with Crippen LogP contribution in [0.15, 0.2) is 36.4 Å². The summed E-state index contributed by atoms with van der Waals surface area (Å²) in [5, 5.41) is 0. The van der Waals surface area contributed by atoms with Gasteiger partial charge in [-0.3, -0.25) is 0 Å². The molecule has 0 unspecified atom stereocenters. The number of benzene rings is 2. The van der Waals surface area contributed by atoms with E-state index in [4.69, 9.17) is 5.73 Å². The smallest absolute Gasteiger partial charge is 0.131 e. The molecule has 0 radical (unpaired) electrons. The van der Waals surface area contributed by atoms with Gasteiger partial charge in [-0.15, -0.1) is 0 Å². The predicted octanol–water partition coefficient (Wildman–Crippen LogP) is 3.57. The molecular formula is C15H16FN. The van der Waals surface area contributed by atoms with Gasteiger partial charge in [0.2, 0.25) is 0 Å². The zero-order chi connectivity index (χ0) is 12.4. The van der Waals surface area contributed by atoms with Gasteiger partial charge in [0.05, 0.1) is 0 Å². The Hall–Kier alpha value is -1.67. The van der Waals surface area contributed by atoms with Crippen molar-refractivity contribution in [3.63, 3.8) is 0 Å². The molecule has 1 nitrogen and oxygen atoms in total. The van der Waals surface area contributed by atoms with Gasteiger partial charge in [0.25, 0.3) is 0 Å². The van der Waals surface area contributed by atoms with Crippen LogP contribution in [0.4, 0.5) is 4.39 Å². The van der Waals surface area contributed by atoms with Gasteiger partial charge >= 0.3 is 0 Å². The number of aryl methyl sites for hydroxylation is 2. The van der Waals surface area contributed by atoms with Crippen molar-refractivity contribution in [3.8, 4) is 11.1 Å². The van der Waals surface area contributed by atoms with Gasteiger partial charge in [0.1, 0.15) is 5.82 Å². The fourth-order valence-corrected chi connectivity index (χ4v) is 2.17. The molecular weight excluding hydrogens is 213 g/mol. The minimum atomic E-state index is -0.188. The average Bonchev–Trinajstić information content (AvgIpc) is 2.29. The van der Waals surface area contributed by atoms with E-state index >= 15 is 0 Å². The first kappa shape index (κ1) is 11.8. The van der Waals surface area contributed by atoms with E-state index < -0.39 is 0 Å². The first-order valence-corrected chi connectivity index (χ1v) is 5.68. The van der Waals surface area contributed by atoms with E-state index in [-0.39, 0.29) is 5.82 Å². The van der Waals surface area contributed by atoms with E-state index in [1.165, 1.54) is 6.07 Å². The molecule has 0 amide bonds. The molecule has 2 rings (SSSR count). The second-order valence-electron chi connectivity index (χ2n) is 4.27. The molecule has 17 heavy (non-hydrogen) atoms. The first-order chi connectivity index (χ1) is 8.13. The van der Waals surface area contributed by atoms with Gasteiger partial charge in [-0.1, -0.05) is 30.3 Å². The summed E-state index contributed by atoms with van der Waals surface area (Å²) in [7, 11) is 0. The molecule has 0 saturated heterocycles. The van der Waals surface area contributed by atoms with Gasteiger partial charge < -0.3 is 5.73 Å². The average molecular weight is 229 g/mol. The molecule has 2 aromatic rings. The number of nitrogens with two attached hydrogens (primary N) is 1. The largest absolute Gasteiger partial charge is 0.326 e. The maximum Gasteiger partial charge on any atom is 0.131 e. The van der Waals surface area contributed by atoms with Crippen molar-refractivity contribution in [1.82, 2.24) is 0 Å². The molecule has 88 valence electrons. The molecule has 0 aliphatic heterocycles. The highest BCUT2D eigenvalue weighted by Gasteiger charge is 2.08. The van der Waals surface area contributed by atoms with Gasteiger partial charge in [-0.25, -0.2) is 4.39 Å². The van der Waals surface area contributed by atoms with Crippen molar-refractivity contribution >= 4 is 0 Å². The van der Waals surface area contributed by atoms with E-state index in [2.05, 4.69) is 0 Å². The van der Waals surface area contributed by atoms with Gasteiger partial charge in [-0.05, 0) is 42.2 Å². The van der Waals surface area contributed by atoms with Crippen molar-refractivity contribution in [1.29, 1.82) is 0 Å². The molecule has 0 heterocycles. The third-order valence-electron chi connectivity index (χ3n) is 3.09. The monoisotopic (exact) mass is 229 g/mol. The van der Waals surface area contributed by atoms with Crippen molar-refractivity contribution in [2.45, 2.75) is 20.4 Å². The Labute approximate surface area is 101 Å². The molecule has 0 bridgehead atoms. The maximum atomic E-state index is 13.7. The lowest BCUT2D eigenvalue weighted by atomic mass is 9.95. The minimum absolute atomic E-state index is 0.188. The minimum Gasteiger partial charge on any atom is -0.326 e. The lowest BCUT2D eigenvalue weighted by Crippen LogP contribution is -2.02. The highest BCUT2D eigenvalue weighted by Crippen LogP contribution is 2.26. The summed E-state index contributed by atoms with van der Waals surface area (Å²) in [5.74, 6) is -0.188. The van der Waals surface area contributed by atoms with Crippen molar-refractivity contribution < 1.29 is 4.39 Å². The van der Waals surface area contributed by atoms with E-state index in [1.807, 2.05) is 32.0 Å². The topological polar surface area (TPSA) is 26.0 Å². The van der Waals surface area contributed by atoms with E-state index in [9.17, 15) is 4.39 Å². The molecule has 0 spiro atoms. The van der Waals surface area contributed by atoms with Crippen LogP contribution in [-0.2, 0) is 6.54 Å². The summed E-state index contributed by atoms with van der Waals surface area (Å²) < 4.78 is 13.7. The van der Waals surface area contributed by atoms with Gasteiger partial charge in [0, 0.05) is 12.1 Å². The normalized spacial score (nSPS) is 10.6. The molecule has 0 aromatic heterocycles. The van der Waals surface area contributed by atoms with E-state index in [1.54, 1.807) is 12.1 Å². The first-order valence-electron chi connectivity index (χ1n) is 5.68. The Morgan fingerprint density at radius 2 is 1.65 bits per heavy atom. The molecule has 0 aliphatic carbocycles. The Morgan fingerprint density at radius 3 is 2.18 bits per heavy atom. The van der Waals surface area contributed by atoms with Crippen molar-refractivity contribution in [3.05, 3.63) is 58.9 Å². The fraction of sp³-hybridized carbons (Fsp3) is 0.200. The Balaban J connectivity index is 2.59. The Kier molecular flexibility index (Phi) is 3.25. The standard InChI is InChI=1S/C15H16FN/c1-10-7-12(8-11(2)14(10)9-17)13-5-3-4-6-15(13)16/h3-8H,9,17H2,1-2H3. The Morgan fingerprint density at radius 1 is 1.06 bits per heavy atom. The SMILES string of the molecule is Cc1cc(-c2ccccc2F)cc(C)c1CN. The van der Waals surface area contributed by atoms with Gasteiger partial charge in [-0.2, -0.15) is 0 Å². The third-order valence-corrected chi connectivity index (χ3v) is 3.09. The van der Waals surface area contributed by atoms with Crippen LogP contribution in [0.25, 0.3) is 11.1 Å². The zero-order valence-corrected chi connectivity index (χ0v) is 10.1.